The lowest BCUT2D eigenvalue weighted by Gasteiger charge is -2.31. The SMILES string of the molecule is C[C@H]1COCC[C@H]1n1c(C#N)cc2cnc(S(C)(=O)=O)nc21. The van der Waals surface area contributed by atoms with Gasteiger partial charge in [0.15, 0.2) is 0 Å². The number of fused-ring (bicyclic) bond motifs is 1. The molecular weight excluding hydrogens is 304 g/mol. The first-order chi connectivity index (χ1) is 10.4. The molecule has 22 heavy (non-hydrogen) atoms. The number of hydrogen-bond acceptors (Lipinski definition) is 6. The molecule has 2 aromatic heterocycles. The van der Waals surface area contributed by atoms with E-state index in [1.807, 2.05) is 4.57 Å². The van der Waals surface area contributed by atoms with Crippen LogP contribution in [-0.4, -0.2) is 42.4 Å². The number of rotatable bonds is 2. The van der Waals surface area contributed by atoms with E-state index in [0.717, 1.165) is 12.7 Å². The van der Waals surface area contributed by atoms with Gasteiger partial charge in [0.05, 0.1) is 6.61 Å². The first-order valence-corrected chi connectivity index (χ1v) is 8.87. The lowest BCUT2D eigenvalue weighted by atomic mass is 9.97. The van der Waals surface area contributed by atoms with Crippen LogP contribution in [0.15, 0.2) is 17.4 Å². The van der Waals surface area contributed by atoms with Crippen molar-refractivity contribution in [3.8, 4) is 6.07 Å². The Morgan fingerprint density at radius 1 is 1.50 bits per heavy atom. The lowest BCUT2D eigenvalue weighted by molar-refractivity contribution is 0.0295. The molecule has 3 heterocycles. The lowest BCUT2D eigenvalue weighted by Crippen LogP contribution is -2.28. The maximum atomic E-state index is 11.7. The Labute approximate surface area is 128 Å². The Morgan fingerprint density at radius 3 is 2.91 bits per heavy atom. The minimum absolute atomic E-state index is 0.0585. The number of sulfone groups is 1. The molecule has 7 nitrogen and oxygen atoms in total. The summed E-state index contributed by atoms with van der Waals surface area (Å²) in [5, 5.41) is 9.85. The van der Waals surface area contributed by atoms with Crippen molar-refractivity contribution in [2.75, 3.05) is 19.5 Å². The van der Waals surface area contributed by atoms with E-state index in [1.54, 1.807) is 6.07 Å². The van der Waals surface area contributed by atoms with Crippen molar-refractivity contribution in [3.05, 3.63) is 18.0 Å². The van der Waals surface area contributed by atoms with Crippen LogP contribution in [0.2, 0.25) is 0 Å². The number of hydrogen-bond donors (Lipinski definition) is 0. The fraction of sp³-hybridized carbons (Fsp3) is 0.500. The Kier molecular flexibility index (Phi) is 3.62. The van der Waals surface area contributed by atoms with Gasteiger partial charge < -0.3 is 9.30 Å². The number of nitriles is 1. The molecule has 0 amide bonds. The smallest absolute Gasteiger partial charge is 0.248 e. The summed E-state index contributed by atoms with van der Waals surface area (Å²) in [6.07, 6.45) is 3.29. The minimum Gasteiger partial charge on any atom is -0.381 e. The van der Waals surface area contributed by atoms with Crippen molar-refractivity contribution in [1.82, 2.24) is 14.5 Å². The third-order valence-corrected chi connectivity index (χ3v) is 4.79. The van der Waals surface area contributed by atoms with Gasteiger partial charge in [0.1, 0.15) is 17.4 Å². The van der Waals surface area contributed by atoms with Crippen molar-refractivity contribution < 1.29 is 13.2 Å². The molecule has 2 aromatic rings. The molecule has 1 aliphatic rings. The maximum absolute atomic E-state index is 11.7. The van der Waals surface area contributed by atoms with Gasteiger partial charge in [-0.2, -0.15) is 10.2 Å². The molecule has 1 saturated heterocycles. The van der Waals surface area contributed by atoms with E-state index in [1.165, 1.54) is 6.20 Å². The van der Waals surface area contributed by atoms with E-state index in [-0.39, 0.29) is 17.1 Å². The molecule has 0 radical (unpaired) electrons. The topological polar surface area (TPSA) is 97.9 Å². The van der Waals surface area contributed by atoms with Gasteiger partial charge >= 0.3 is 0 Å². The van der Waals surface area contributed by atoms with Crippen LogP contribution in [0.1, 0.15) is 25.1 Å². The first-order valence-electron chi connectivity index (χ1n) is 6.97. The van der Waals surface area contributed by atoms with Gasteiger partial charge in [-0.1, -0.05) is 6.92 Å². The van der Waals surface area contributed by atoms with Crippen molar-refractivity contribution >= 4 is 20.9 Å². The van der Waals surface area contributed by atoms with Crippen LogP contribution in [0.4, 0.5) is 0 Å². The van der Waals surface area contributed by atoms with Gasteiger partial charge in [0, 0.05) is 36.4 Å². The van der Waals surface area contributed by atoms with Crippen LogP contribution in [0.25, 0.3) is 11.0 Å². The third-order valence-electron chi connectivity index (χ3n) is 3.93. The molecule has 0 spiro atoms. The van der Waals surface area contributed by atoms with Crippen LogP contribution in [0.3, 0.4) is 0 Å². The largest absolute Gasteiger partial charge is 0.381 e. The third kappa shape index (κ3) is 2.46. The summed E-state index contributed by atoms with van der Waals surface area (Å²) < 4.78 is 30.7. The van der Waals surface area contributed by atoms with Crippen molar-refractivity contribution in [2.45, 2.75) is 24.5 Å². The van der Waals surface area contributed by atoms with Crippen LogP contribution in [-0.2, 0) is 14.6 Å². The fourth-order valence-corrected chi connectivity index (χ4v) is 3.34. The van der Waals surface area contributed by atoms with Crippen LogP contribution < -0.4 is 0 Å². The average molecular weight is 320 g/mol. The molecule has 1 aliphatic heterocycles. The Balaban J connectivity index is 2.24. The van der Waals surface area contributed by atoms with Gasteiger partial charge in [-0.15, -0.1) is 0 Å². The molecule has 116 valence electrons. The highest BCUT2D eigenvalue weighted by atomic mass is 32.2. The molecule has 8 heteroatoms. The Bertz CT molecular complexity index is 866. The van der Waals surface area contributed by atoms with Crippen molar-refractivity contribution in [2.24, 2.45) is 5.92 Å². The van der Waals surface area contributed by atoms with E-state index in [0.29, 0.717) is 29.9 Å². The highest BCUT2D eigenvalue weighted by molar-refractivity contribution is 7.90. The molecule has 2 atom stereocenters. The molecule has 0 bridgehead atoms. The normalized spacial score (nSPS) is 22.6. The zero-order valence-corrected chi connectivity index (χ0v) is 13.2. The summed E-state index contributed by atoms with van der Waals surface area (Å²) in [7, 11) is -3.50. The molecule has 3 rings (SSSR count). The molecule has 0 saturated carbocycles. The monoisotopic (exact) mass is 320 g/mol. The highest BCUT2D eigenvalue weighted by Crippen LogP contribution is 2.32. The van der Waals surface area contributed by atoms with E-state index >= 15 is 0 Å². The predicted octanol–water partition coefficient (Wildman–Crippen LogP) is 1.30. The maximum Gasteiger partial charge on any atom is 0.248 e. The van der Waals surface area contributed by atoms with E-state index < -0.39 is 9.84 Å². The van der Waals surface area contributed by atoms with Crippen molar-refractivity contribution in [3.63, 3.8) is 0 Å². The Morgan fingerprint density at radius 2 is 2.27 bits per heavy atom. The molecule has 0 unspecified atom stereocenters. The first kappa shape index (κ1) is 14.9. The zero-order chi connectivity index (χ0) is 15.9. The summed E-state index contributed by atoms with van der Waals surface area (Å²) in [5.74, 6) is 0.216. The number of aromatic nitrogens is 3. The highest BCUT2D eigenvalue weighted by Gasteiger charge is 2.28. The van der Waals surface area contributed by atoms with Gasteiger partial charge in [0.2, 0.25) is 15.0 Å². The Hall–Kier alpha value is -1.98. The van der Waals surface area contributed by atoms with Gasteiger partial charge in [0.25, 0.3) is 0 Å². The number of nitrogens with zero attached hydrogens (tertiary/aromatic N) is 4. The summed E-state index contributed by atoms with van der Waals surface area (Å²) in [6, 6.07) is 3.92. The predicted molar refractivity (Wildman–Crippen MR) is 79.0 cm³/mol. The summed E-state index contributed by atoms with van der Waals surface area (Å²) in [5.41, 5.74) is 0.958. The quantitative estimate of drug-likeness (QED) is 0.774. The van der Waals surface area contributed by atoms with Crippen molar-refractivity contribution in [1.29, 1.82) is 5.26 Å². The summed E-state index contributed by atoms with van der Waals surface area (Å²) >= 11 is 0. The van der Waals surface area contributed by atoms with Crippen LogP contribution in [0.5, 0.6) is 0 Å². The summed E-state index contributed by atoms with van der Waals surface area (Å²) in [4.78, 5) is 8.08. The molecule has 0 aliphatic carbocycles. The van der Waals surface area contributed by atoms with Crippen LogP contribution >= 0.6 is 0 Å². The van der Waals surface area contributed by atoms with Gasteiger partial charge in [-0.25, -0.2) is 13.4 Å². The van der Waals surface area contributed by atoms with Gasteiger partial charge in [-0.05, 0) is 12.5 Å². The fourth-order valence-electron chi connectivity index (χ4n) is 2.85. The molecule has 0 N–H and O–H groups in total. The zero-order valence-electron chi connectivity index (χ0n) is 12.4. The molecular formula is C14H16N4O3S. The standard InChI is InChI=1S/C14H16N4O3S/c1-9-8-21-4-3-12(9)18-11(6-15)5-10-7-16-14(17-13(10)18)22(2,19)20/h5,7,9,12H,3-4,8H2,1-2H3/t9-,12+/m0/s1. The van der Waals surface area contributed by atoms with E-state index in [2.05, 4.69) is 23.0 Å². The second kappa shape index (κ2) is 5.34. The minimum atomic E-state index is -3.50. The van der Waals surface area contributed by atoms with E-state index in [9.17, 15) is 13.7 Å². The molecule has 0 aromatic carbocycles. The second-order valence-corrected chi connectivity index (χ2v) is 7.53. The molecule has 1 fully saturated rings. The van der Waals surface area contributed by atoms with Crippen LogP contribution in [0, 0.1) is 17.2 Å². The number of ether oxygens (including phenoxy) is 1. The summed E-state index contributed by atoms with van der Waals surface area (Å²) in [6.45, 7) is 3.28. The van der Waals surface area contributed by atoms with E-state index in [4.69, 9.17) is 4.74 Å². The van der Waals surface area contributed by atoms with Gasteiger partial charge in [-0.3, -0.25) is 0 Å². The average Bonchev–Trinajstić information content (AvgIpc) is 2.84. The second-order valence-electron chi connectivity index (χ2n) is 5.62.